The Balaban J connectivity index is 1.81. The summed E-state index contributed by atoms with van der Waals surface area (Å²) in [4.78, 5) is 11.5. The van der Waals surface area contributed by atoms with E-state index in [-0.39, 0.29) is 24.4 Å². The molecule has 2 aromatic carbocycles. The lowest BCUT2D eigenvalue weighted by atomic mass is 9.93. The second-order valence-corrected chi connectivity index (χ2v) is 8.20. The molecule has 1 atom stereocenters. The number of nitrogens with one attached hydrogen (secondary N) is 1. The van der Waals surface area contributed by atoms with Gasteiger partial charge < -0.3 is 0 Å². The molecule has 30 heavy (non-hydrogen) atoms. The zero-order valence-corrected chi connectivity index (χ0v) is 17.6. The molecule has 0 bridgehead atoms. The van der Waals surface area contributed by atoms with Crippen molar-refractivity contribution >= 4 is 16.7 Å². The maximum Gasteiger partial charge on any atom is 0.409 e. The molecule has 164 valence electrons. The number of benzene rings is 2. The molecule has 1 unspecified atom stereocenters. The zero-order chi connectivity index (χ0) is 21.6. The SMILES string of the molecule is CCCCCCCCCc1cc(C(N2CCC(=O)N2)C(F)(F)F)cc2ccccc12. The van der Waals surface area contributed by atoms with Gasteiger partial charge in [0.2, 0.25) is 5.91 Å². The number of unbranched alkanes of at least 4 members (excludes halogenated alkanes) is 6. The van der Waals surface area contributed by atoms with Crippen molar-refractivity contribution in [3.8, 4) is 0 Å². The first kappa shape index (κ1) is 22.6. The van der Waals surface area contributed by atoms with Crippen LogP contribution in [0.5, 0.6) is 0 Å². The predicted octanol–water partition coefficient (Wildman–Crippen LogP) is 6.47. The van der Waals surface area contributed by atoms with E-state index in [4.69, 9.17) is 0 Å². The van der Waals surface area contributed by atoms with Crippen molar-refractivity contribution < 1.29 is 18.0 Å². The van der Waals surface area contributed by atoms with Crippen LogP contribution in [0.4, 0.5) is 13.2 Å². The van der Waals surface area contributed by atoms with Crippen LogP contribution in [0.1, 0.15) is 75.5 Å². The average molecular weight is 421 g/mol. The maximum atomic E-state index is 14.0. The first-order valence-corrected chi connectivity index (χ1v) is 11.0. The number of hydrogen-bond donors (Lipinski definition) is 1. The van der Waals surface area contributed by atoms with E-state index in [1.54, 1.807) is 12.1 Å². The number of nitrogens with zero attached hydrogens (tertiary/aromatic N) is 1. The van der Waals surface area contributed by atoms with E-state index < -0.39 is 12.2 Å². The molecule has 2 aromatic rings. The fourth-order valence-corrected chi connectivity index (χ4v) is 4.29. The second kappa shape index (κ2) is 10.3. The molecule has 1 aliphatic heterocycles. The summed E-state index contributed by atoms with van der Waals surface area (Å²) in [5.41, 5.74) is 3.53. The third-order valence-electron chi connectivity index (χ3n) is 5.81. The fourth-order valence-electron chi connectivity index (χ4n) is 4.29. The number of hydrogen-bond acceptors (Lipinski definition) is 2. The summed E-state index contributed by atoms with van der Waals surface area (Å²) in [6.07, 6.45) is 4.56. The highest BCUT2D eigenvalue weighted by molar-refractivity contribution is 5.86. The maximum absolute atomic E-state index is 14.0. The van der Waals surface area contributed by atoms with Crippen molar-refractivity contribution in [2.24, 2.45) is 0 Å². The summed E-state index contributed by atoms with van der Waals surface area (Å²) in [5, 5.41) is 2.86. The average Bonchev–Trinajstić information content (AvgIpc) is 3.11. The topological polar surface area (TPSA) is 32.3 Å². The molecule has 0 aliphatic carbocycles. The normalized spacial score (nSPS) is 16.2. The summed E-state index contributed by atoms with van der Waals surface area (Å²) < 4.78 is 41.9. The molecular formula is C24H31F3N2O. The molecule has 0 aromatic heterocycles. The molecule has 1 N–H and O–H groups in total. The van der Waals surface area contributed by atoms with Crippen LogP contribution in [0, 0.1) is 0 Å². The summed E-state index contributed by atoms with van der Waals surface area (Å²) in [7, 11) is 0. The molecule has 3 rings (SSSR count). The number of carbonyl (C=O) groups excluding carboxylic acids is 1. The fraction of sp³-hybridized carbons (Fsp3) is 0.542. The molecule has 1 saturated heterocycles. The minimum atomic E-state index is -4.48. The van der Waals surface area contributed by atoms with Crippen molar-refractivity contribution in [1.82, 2.24) is 10.4 Å². The first-order chi connectivity index (χ1) is 14.4. The van der Waals surface area contributed by atoms with Crippen molar-refractivity contribution in [3.05, 3.63) is 47.5 Å². The van der Waals surface area contributed by atoms with Gasteiger partial charge in [-0.1, -0.05) is 75.8 Å². The molecule has 1 amide bonds. The van der Waals surface area contributed by atoms with E-state index in [0.717, 1.165) is 40.6 Å². The Morgan fingerprint density at radius 1 is 1.03 bits per heavy atom. The minimum Gasteiger partial charge on any atom is -0.288 e. The first-order valence-electron chi connectivity index (χ1n) is 11.0. The van der Waals surface area contributed by atoms with Gasteiger partial charge >= 0.3 is 6.18 Å². The van der Waals surface area contributed by atoms with E-state index in [1.165, 1.54) is 32.1 Å². The van der Waals surface area contributed by atoms with Gasteiger partial charge in [-0.3, -0.25) is 10.2 Å². The number of amides is 1. The lowest BCUT2D eigenvalue weighted by Gasteiger charge is -2.30. The van der Waals surface area contributed by atoms with Gasteiger partial charge in [-0.15, -0.1) is 0 Å². The Bertz CT molecular complexity index is 850. The quantitative estimate of drug-likeness (QED) is 0.447. The van der Waals surface area contributed by atoms with E-state index in [1.807, 2.05) is 24.3 Å². The van der Waals surface area contributed by atoms with Gasteiger partial charge in [0.05, 0.1) is 0 Å². The number of hydrazine groups is 1. The monoisotopic (exact) mass is 420 g/mol. The van der Waals surface area contributed by atoms with E-state index >= 15 is 0 Å². The van der Waals surface area contributed by atoms with Crippen LogP contribution in [0.25, 0.3) is 10.8 Å². The highest BCUT2D eigenvalue weighted by atomic mass is 19.4. The van der Waals surface area contributed by atoms with E-state index in [0.29, 0.717) is 0 Å². The third kappa shape index (κ3) is 5.75. The van der Waals surface area contributed by atoms with Crippen LogP contribution in [-0.2, 0) is 11.2 Å². The van der Waals surface area contributed by atoms with Crippen molar-refractivity contribution in [1.29, 1.82) is 0 Å². The van der Waals surface area contributed by atoms with Gasteiger partial charge in [0.25, 0.3) is 0 Å². The molecular weight excluding hydrogens is 389 g/mol. The number of fused-ring (bicyclic) bond motifs is 1. The van der Waals surface area contributed by atoms with E-state index in [2.05, 4.69) is 12.3 Å². The number of halogens is 3. The summed E-state index contributed by atoms with van der Waals surface area (Å²) in [6, 6.07) is 9.11. The van der Waals surface area contributed by atoms with Gasteiger partial charge in [0.1, 0.15) is 6.04 Å². The Morgan fingerprint density at radius 2 is 1.73 bits per heavy atom. The minimum absolute atomic E-state index is 0.0585. The van der Waals surface area contributed by atoms with Gasteiger partial charge in [-0.05, 0) is 40.8 Å². The molecule has 0 spiro atoms. The smallest absolute Gasteiger partial charge is 0.288 e. The lowest BCUT2D eigenvalue weighted by molar-refractivity contribution is -0.191. The summed E-state index contributed by atoms with van der Waals surface area (Å²) >= 11 is 0. The standard InChI is InChI=1S/C24H31F3N2O/c1-2-3-4-5-6-7-8-11-18-16-20(17-19-12-9-10-13-21(18)19)23(24(25,26)27)29-15-14-22(30)28-29/h9-10,12-13,16-17,23H,2-8,11,14-15H2,1H3,(H,28,30). The Morgan fingerprint density at radius 3 is 2.40 bits per heavy atom. The molecule has 1 aliphatic rings. The summed E-state index contributed by atoms with van der Waals surface area (Å²) in [6.45, 7) is 2.25. The van der Waals surface area contributed by atoms with Crippen LogP contribution in [0.2, 0.25) is 0 Å². The highest BCUT2D eigenvalue weighted by Gasteiger charge is 2.47. The van der Waals surface area contributed by atoms with Crippen molar-refractivity contribution in [3.63, 3.8) is 0 Å². The molecule has 0 radical (unpaired) electrons. The summed E-state index contributed by atoms with van der Waals surface area (Å²) in [5.74, 6) is -0.367. The van der Waals surface area contributed by atoms with Gasteiger partial charge in [0.15, 0.2) is 0 Å². The van der Waals surface area contributed by atoms with Crippen LogP contribution >= 0.6 is 0 Å². The van der Waals surface area contributed by atoms with Gasteiger partial charge in [-0.2, -0.15) is 13.2 Å². The number of aryl methyl sites for hydroxylation is 1. The van der Waals surface area contributed by atoms with Crippen LogP contribution < -0.4 is 5.43 Å². The largest absolute Gasteiger partial charge is 0.409 e. The molecule has 1 heterocycles. The predicted molar refractivity (Wildman–Crippen MR) is 114 cm³/mol. The van der Waals surface area contributed by atoms with Gasteiger partial charge in [0, 0.05) is 13.0 Å². The Kier molecular flexibility index (Phi) is 7.75. The van der Waals surface area contributed by atoms with Gasteiger partial charge in [-0.25, -0.2) is 5.01 Å². The van der Waals surface area contributed by atoms with Crippen LogP contribution in [0.15, 0.2) is 36.4 Å². The Labute approximate surface area is 176 Å². The third-order valence-corrected chi connectivity index (χ3v) is 5.81. The molecule has 0 saturated carbocycles. The zero-order valence-electron chi connectivity index (χ0n) is 17.6. The number of alkyl halides is 3. The number of carbonyl (C=O) groups is 1. The van der Waals surface area contributed by atoms with Crippen LogP contribution in [0.3, 0.4) is 0 Å². The van der Waals surface area contributed by atoms with E-state index in [9.17, 15) is 18.0 Å². The Hall–Kier alpha value is -2.08. The number of rotatable bonds is 10. The van der Waals surface area contributed by atoms with Crippen molar-refractivity contribution in [2.45, 2.75) is 76.9 Å². The van der Waals surface area contributed by atoms with Crippen LogP contribution in [-0.4, -0.2) is 23.6 Å². The molecule has 1 fully saturated rings. The lowest BCUT2D eigenvalue weighted by Crippen LogP contribution is -2.43. The van der Waals surface area contributed by atoms with Crippen molar-refractivity contribution in [2.75, 3.05) is 6.54 Å². The molecule has 3 nitrogen and oxygen atoms in total. The molecule has 6 heteroatoms. The highest BCUT2D eigenvalue weighted by Crippen LogP contribution is 2.39. The second-order valence-electron chi connectivity index (χ2n) is 8.20.